The molecule has 1 N–H and O–H groups in total. The van der Waals surface area contributed by atoms with Crippen molar-refractivity contribution >= 4 is 11.8 Å². The van der Waals surface area contributed by atoms with Crippen molar-refractivity contribution < 1.29 is 14.0 Å². The van der Waals surface area contributed by atoms with Crippen LogP contribution in [0, 0.1) is 11.7 Å². The number of nitrogens with zero attached hydrogens (tertiary/aromatic N) is 1. The first kappa shape index (κ1) is 18.7. The van der Waals surface area contributed by atoms with Crippen LogP contribution in [0.5, 0.6) is 0 Å². The summed E-state index contributed by atoms with van der Waals surface area (Å²) in [6.07, 6.45) is 4.19. The molecule has 0 bridgehead atoms. The lowest BCUT2D eigenvalue weighted by atomic mass is 9.87. The number of hydrogen-bond acceptors (Lipinski definition) is 2. The minimum absolute atomic E-state index is 0.125. The average Bonchev–Trinajstić information content (AvgIpc) is 2.98. The molecule has 1 unspecified atom stereocenters. The lowest BCUT2D eigenvalue weighted by molar-refractivity contribution is -0.126. The topological polar surface area (TPSA) is 49.4 Å². The van der Waals surface area contributed by atoms with Crippen molar-refractivity contribution in [3.63, 3.8) is 0 Å². The summed E-state index contributed by atoms with van der Waals surface area (Å²) in [7, 11) is 0. The molecule has 1 aliphatic heterocycles. The second-order valence-electron chi connectivity index (χ2n) is 8.01. The van der Waals surface area contributed by atoms with E-state index < -0.39 is 6.04 Å². The quantitative estimate of drug-likeness (QED) is 0.863. The molecule has 2 aliphatic rings. The summed E-state index contributed by atoms with van der Waals surface area (Å²) in [5.74, 6) is 0.106. The second kappa shape index (κ2) is 7.74. The number of carbonyl (C=O) groups excluding carboxylic acids is 2. The highest BCUT2D eigenvalue weighted by Crippen LogP contribution is 2.35. The molecule has 28 heavy (non-hydrogen) atoms. The molecule has 4 nitrogen and oxygen atoms in total. The molecule has 146 valence electrons. The number of fused-ring (bicyclic) bond motifs is 1. The van der Waals surface area contributed by atoms with E-state index in [0.29, 0.717) is 11.5 Å². The third-order valence-corrected chi connectivity index (χ3v) is 5.94. The summed E-state index contributed by atoms with van der Waals surface area (Å²) in [6, 6.07) is 12.9. The molecule has 1 heterocycles. The van der Waals surface area contributed by atoms with Crippen LogP contribution in [0.4, 0.5) is 4.39 Å². The highest BCUT2D eigenvalue weighted by atomic mass is 19.1. The van der Waals surface area contributed by atoms with E-state index in [1.54, 1.807) is 23.1 Å². The van der Waals surface area contributed by atoms with Gasteiger partial charge in [-0.15, -0.1) is 0 Å². The van der Waals surface area contributed by atoms with Crippen LogP contribution in [0.3, 0.4) is 0 Å². The Balaban J connectivity index is 1.58. The molecule has 0 spiro atoms. The van der Waals surface area contributed by atoms with E-state index >= 15 is 0 Å². The minimum atomic E-state index is -0.645. The monoisotopic (exact) mass is 380 g/mol. The zero-order valence-corrected chi connectivity index (χ0v) is 16.0. The molecule has 0 aromatic heterocycles. The Hall–Kier alpha value is -2.69. The molecule has 0 radical (unpaired) electrons. The summed E-state index contributed by atoms with van der Waals surface area (Å²) in [5.41, 5.74) is 2.12. The molecule has 0 saturated heterocycles. The molecular weight excluding hydrogens is 355 g/mol. The standard InChI is InChI=1S/C23H25FN2O2/c1-15-6-12-18(13-7-15)25-22(27)21-19-4-2-3-5-20(19)23(28)26(21)14-16-8-10-17(24)11-9-16/h2-5,8-11,15,18,21H,6-7,12-14H2,1H3,(H,25,27). The van der Waals surface area contributed by atoms with E-state index in [0.717, 1.165) is 36.8 Å². The van der Waals surface area contributed by atoms with Gasteiger partial charge in [0.25, 0.3) is 5.91 Å². The Labute approximate surface area is 164 Å². The largest absolute Gasteiger partial charge is 0.351 e. The highest BCUT2D eigenvalue weighted by Gasteiger charge is 2.41. The smallest absolute Gasteiger partial charge is 0.255 e. The van der Waals surface area contributed by atoms with Crippen molar-refractivity contribution in [2.45, 2.75) is 51.2 Å². The summed E-state index contributed by atoms with van der Waals surface area (Å²) >= 11 is 0. The predicted molar refractivity (Wildman–Crippen MR) is 105 cm³/mol. The van der Waals surface area contributed by atoms with Gasteiger partial charge in [-0.2, -0.15) is 0 Å². The van der Waals surface area contributed by atoms with Crippen LogP contribution in [0.2, 0.25) is 0 Å². The number of carbonyl (C=O) groups is 2. The molecule has 1 fully saturated rings. The number of amides is 2. The fourth-order valence-electron chi connectivity index (χ4n) is 4.29. The van der Waals surface area contributed by atoms with Crippen LogP contribution in [-0.4, -0.2) is 22.8 Å². The van der Waals surface area contributed by atoms with Crippen LogP contribution in [0.15, 0.2) is 48.5 Å². The Morgan fingerprint density at radius 2 is 1.75 bits per heavy atom. The maximum Gasteiger partial charge on any atom is 0.255 e. The van der Waals surface area contributed by atoms with Gasteiger partial charge in [-0.1, -0.05) is 37.3 Å². The van der Waals surface area contributed by atoms with Gasteiger partial charge in [-0.05, 0) is 60.9 Å². The first-order chi connectivity index (χ1) is 13.5. The Kier molecular flexibility index (Phi) is 5.16. The van der Waals surface area contributed by atoms with Crippen molar-refractivity contribution in [1.82, 2.24) is 10.2 Å². The molecule has 2 aromatic rings. The molecule has 4 rings (SSSR count). The lowest BCUT2D eigenvalue weighted by Gasteiger charge is -2.30. The Morgan fingerprint density at radius 1 is 1.07 bits per heavy atom. The van der Waals surface area contributed by atoms with E-state index in [9.17, 15) is 14.0 Å². The van der Waals surface area contributed by atoms with Gasteiger partial charge in [0, 0.05) is 18.2 Å². The fourth-order valence-corrected chi connectivity index (χ4v) is 4.29. The van der Waals surface area contributed by atoms with Gasteiger partial charge in [0.1, 0.15) is 11.9 Å². The summed E-state index contributed by atoms with van der Waals surface area (Å²) < 4.78 is 13.2. The third-order valence-electron chi connectivity index (χ3n) is 5.94. The first-order valence-electron chi connectivity index (χ1n) is 9.97. The number of nitrogens with one attached hydrogen (secondary N) is 1. The van der Waals surface area contributed by atoms with Crippen LogP contribution in [0.25, 0.3) is 0 Å². The van der Waals surface area contributed by atoms with E-state index in [1.807, 2.05) is 18.2 Å². The molecule has 5 heteroatoms. The summed E-state index contributed by atoms with van der Waals surface area (Å²) in [4.78, 5) is 27.8. The van der Waals surface area contributed by atoms with Crippen LogP contribution >= 0.6 is 0 Å². The SMILES string of the molecule is CC1CCC(NC(=O)C2c3ccccc3C(=O)N2Cc2ccc(F)cc2)CC1. The van der Waals surface area contributed by atoms with Gasteiger partial charge in [0.15, 0.2) is 0 Å². The van der Waals surface area contributed by atoms with Crippen molar-refractivity contribution in [1.29, 1.82) is 0 Å². The van der Waals surface area contributed by atoms with Crippen LogP contribution < -0.4 is 5.32 Å². The fraction of sp³-hybridized carbons (Fsp3) is 0.391. The number of halogens is 1. The van der Waals surface area contributed by atoms with E-state index in [1.165, 1.54) is 12.1 Å². The highest BCUT2D eigenvalue weighted by molar-refractivity contribution is 6.04. The number of hydrogen-bond donors (Lipinski definition) is 1. The minimum Gasteiger partial charge on any atom is -0.351 e. The third kappa shape index (κ3) is 3.66. The molecule has 2 amide bonds. The molecule has 1 atom stereocenters. The van der Waals surface area contributed by atoms with Crippen LogP contribution in [-0.2, 0) is 11.3 Å². The number of rotatable bonds is 4. The Morgan fingerprint density at radius 3 is 2.46 bits per heavy atom. The van der Waals surface area contributed by atoms with Crippen LogP contribution in [0.1, 0.15) is 60.1 Å². The van der Waals surface area contributed by atoms with E-state index in [2.05, 4.69) is 12.2 Å². The molecule has 1 saturated carbocycles. The van der Waals surface area contributed by atoms with E-state index in [4.69, 9.17) is 0 Å². The van der Waals surface area contributed by atoms with Gasteiger partial charge >= 0.3 is 0 Å². The lowest BCUT2D eigenvalue weighted by Crippen LogP contribution is -2.44. The second-order valence-corrected chi connectivity index (χ2v) is 8.01. The van der Waals surface area contributed by atoms with Crippen molar-refractivity contribution in [3.8, 4) is 0 Å². The van der Waals surface area contributed by atoms with Gasteiger partial charge < -0.3 is 10.2 Å². The number of benzene rings is 2. The molecule has 1 aliphatic carbocycles. The normalized spacial score (nSPS) is 24.1. The summed E-state index contributed by atoms with van der Waals surface area (Å²) in [6.45, 7) is 2.52. The first-order valence-corrected chi connectivity index (χ1v) is 9.97. The van der Waals surface area contributed by atoms with Crippen molar-refractivity contribution in [3.05, 3.63) is 71.0 Å². The van der Waals surface area contributed by atoms with Gasteiger partial charge in [0.05, 0.1) is 0 Å². The zero-order valence-electron chi connectivity index (χ0n) is 16.0. The maximum atomic E-state index is 13.2. The average molecular weight is 380 g/mol. The molecule has 2 aromatic carbocycles. The Bertz CT molecular complexity index is 872. The molecular formula is C23H25FN2O2. The van der Waals surface area contributed by atoms with Gasteiger partial charge in [-0.25, -0.2) is 4.39 Å². The summed E-state index contributed by atoms with van der Waals surface area (Å²) in [5, 5.41) is 3.17. The van der Waals surface area contributed by atoms with Gasteiger partial charge in [0.2, 0.25) is 5.91 Å². The van der Waals surface area contributed by atoms with Gasteiger partial charge in [-0.3, -0.25) is 9.59 Å². The van der Waals surface area contributed by atoms with Crippen molar-refractivity contribution in [2.75, 3.05) is 0 Å². The van der Waals surface area contributed by atoms with E-state index in [-0.39, 0.29) is 30.2 Å². The van der Waals surface area contributed by atoms with Crippen molar-refractivity contribution in [2.24, 2.45) is 5.92 Å². The maximum absolute atomic E-state index is 13.2. The zero-order chi connectivity index (χ0) is 19.7. The predicted octanol–water partition coefficient (Wildman–Crippen LogP) is 4.22.